The van der Waals surface area contributed by atoms with Crippen molar-refractivity contribution >= 4 is 52.5 Å². The molecule has 0 aromatic heterocycles. The van der Waals surface area contributed by atoms with Crippen LogP contribution in [0.1, 0.15) is 13.3 Å². The van der Waals surface area contributed by atoms with Crippen molar-refractivity contribution in [3.63, 3.8) is 0 Å². The Morgan fingerprint density at radius 3 is 2.71 bits per heavy atom. The lowest BCUT2D eigenvalue weighted by Gasteiger charge is -2.31. The smallest absolute Gasteiger partial charge is 0.279 e. The Hall–Kier alpha value is 0.430. The summed E-state index contributed by atoms with van der Waals surface area (Å²) in [6.07, 6.45) is 2.78. The molecule has 1 amide bonds. The molecule has 0 unspecified atom stereocenters. The molecule has 80 valence electrons. The Morgan fingerprint density at radius 2 is 2.21 bits per heavy atom. The van der Waals surface area contributed by atoms with Gasteiger partial charge in [0, 0.05) is 12.3 Å². The largest absolute Gasteiger partial charge is 0.303 e. The van der Waals surface area contributed by atoms with Gasteiger partial charge in [-0.1, -0.05) is 40.9 Å². The Balaban J connectivity index is 2.80. The molecule has 0 spiro atoms. The molecule has 0 radical (unpaired) electrons. The zero-order valence-electron chi connectivity index (χ0n) is 7.60. The van der Waals surface area contributed by atoms with E-state index in [1.54, 1.807) is 11.8 Å². The second-order valence-corrected chi connectivity index (χ2v) is 6.18. The first-order valence-corrected chi connectivity index (χ1v) is 6.26. The molecule has 1 saturated heterocycles. The lowest BCUT2D eigenvalue weighted by atomic mass is 10.4. The van der Waals surface area contributed by atoms with Crippen LogP contribution in [-0.2, 0) is 4.79 Å². The topological polar surface area (TPSA) is 20.3 Å². The number of carbonyl (C=O) groups is 1. The quantitative estimate of drug-likeness (QED) is 0.632. The summed E-state index contributed by atoms with van der Waals surface area (Å²) >= 11 is 18.2. The standard InChI is InChI=1S/C8H10Cl3NOS/c1-2-6-12(4-3-5-14-6)7(13)8(9,10)11/h2H,3-5H2,1H3/b6-2+. The molecule has 0 bridgehead atoms. The van der Waals surface area contributed by atoms with Gasteiger partial charge in [-0.25, -0.2) is 0 Å². The first-order valence-electron chi connectivity index (χ1n) is 4.14. The summed E-state index contributed by atoms with van der Waals surface area (Å²) in [6, 6.07) is 0. The highest BCUT2D eigenvalue weighted by molar-refractivity contribution is 8.03. The highest BCUT2D eigenvalue weighted by Gasteiger charge is 2.37. The average Bonchev–Trinajstić information content (AvgIpc) is 2.15. The van der Waals surface area contributed by atoms with Crippen LogP contribution in [0.15, 0.2) is 11.1 Å². The number of hydrogen-bond acceptors (Lipinski definition) is 2. The molecular weight excluding hydrogens is 265 g/mol. The number of hydrogen-bond donors (Lipinski definition) is 0. The summed E-state index contributed by atoms with van der Waals surface area (Å²) in [6.45, 7) is 2.49. The van der Waals surface area contributed by atoms with E-state index in [1.807, 2.05) is 13.0 Å². The van der Waals surface area contributed by atoms with Gasteiger partial charge in [0.15, 0.2) is 0 Å². The summed E-state index contributed by atoms with van der Waals surface area (Å²) < 4.78 is -1.85. The zero-order valence-corrected chi connectivity index (χ0v) is 10.7. The minimum absolute atomic E-state index is 0.470. The van der Waals surface area contributed by atoms with Gasteiger partial charge in [0.1, 0.15) is 0 Å². The van der Waals surface area contributed by atoms with Crippen LogP contribution in [-0.4, -0.2) is 26.9 Å². The van der Waals surface area contributed by atoms with Crippen molar-refractivity contribution in [3.8, 4) is 0 Å². The Kier molecular flexibility index (Phi) is 4.44. The van der Waals surface area contributed by atoms with Gasteiger partial charge in [0.2, 0.25) is 0 Å². The van der Waals surface area contributed by atoms with Gasteiger partial charge < -0.3 is 4.90 Å². The van der Waals surface area contributed by atoms with Crippen LogP contribution < -0.4 is 0 Å². The number of alkyl halides is 3. The average molecular weight is 275 g/mol. The number of allylic oxidation sites excluding steroid dienone is 1. The molecule has 0 saturated carbocycles. The molecule has 1 rings (SSSR count). The number of halogens is 3. The first-order chi connectivity index (χ1) is 6.46. The van der Waals surface area contributed by atoms with Gasteiger partial charge in [0.05, 0.1) is 5.03 Å². The van der Waals surface area contributed by atoms with E-state index >= 15 is 0 Å². The minimum Gasteiger partial charge on any atom is -0.303 e. The van der Waals surface area contributed by atoms with Gasteiger partial charge in [-0.2, -0.15) is 0 Å². The maximum absolute atomic E-state index is 11.7. The molecule has 1 heterocycles. The predicted molar refractivity (Wildman–Crippen MR) is 62.8 cm³/mol. The van der Waals surface area contributed by atoms with E-state index in [9.17, 15) is 4.79 Å². The molecule has 2 nitrogen and oxygen atoms in total. The SMILES string of the molecule is C/C=C1/SCCCN1C(=O)C(Cl)(Cl)Cl. The van der Waals surface area contributed by atoms with E-state index < -0.39 is 9.70 Å². The van der Waals surface area contributed by atoms with E-state index in [4.69, 9.17) is 34.8 Å². The lowest BCUT2D eigenvalue weighted by molar-refractivity contribution is -0.128. The molecule has 1 fully saturated rings. The third-order valence-corrected chi connectivity index (χ3v) is 3.51. The predicted octanol–water partition coefficient (Wildman–Crippen LogP) is 3.18. The summed E-state index contributed by atoms with van der Waals surface area (Å²) in [5.41, 5.74) is 0. The molecular formula is C8H10Cl3NOS. The number of nitrogens with zero attached hydrogens (tertiary/aromatic N) is 1. The molecule has 0 N–H and O–H groups in total. The Bertz CT molecular complexity index is 262. The molecule has 0 aromatic rings. The van der Waals surface area contributed by atoms with E-state index in [1.165, 1.54) is 4.90 Å². The second-order valence-electron chi connectivity index (χ2n) is 2.78. The number of carbonyl (C=O) groups excluding carboxylic acids is 1. The maximum Gasteiger partial charge on any atom is 0.279 e. The first kappa shape index (κ1) is 12.5. The van der Waals surface area contributed by atoms with Crippen LogP contribution in [0.2, 0.25) is 0 Å². The van der Waals surface area contributed by atoms with Gasteiger partial charge in [-0.05, 0) is 13.3 Å². The molecule has 0 atom stereocenters. The molecule has 14 heavy (non-hydrogen) atoms. The fraction of sp³-hybridized carbons (Fsp3) is 0.625. The zero-order chi connectivity index (χ0) is 10.8. The second kappa shape index (κ2) is 4.97. The summed E-state index contributed by atoms with van der Waals surface area (Å²) in [7, 11) is 0. The van der Waals surface area contributed by atoms with Crippen molar-refractivity contribution in [3.05, 3.63) is 11.1 Å². The third-order valence-electron chi connectivity index (χ3n) is 1.78. The van der Waals surface area contributed by atoms with Crippen LogP contribution in [0, 0.1) is 0 Å². The Labute approximate surface area is 103 Å². The van der Waals surface area contributed by atoms with E-state index in [0.717, 1.165) is 17.2 Å². The summed E-state index contributed by atoms with van der Waals surface area (Å²) in [4.78, 5) is 13.2. The minimum atomic E-state index is -1.85. The van der Waals surface area contributed by atoms with Crippen LogP contribution in [0.3, 0.4) is 0 Å². The van der Waals surface area contributed by atoms with Crippen molar-refractivity contribution in [2.24, 2.45) is 0 Å². The summed E-state index contributed by atoms with van der Waals surface area (Å²) in [5.74, 6) is 0.534. The lowest BCUT2D eigenvalue weighted by Crippen LogP contribution is -2.40. The monoisotopic (exact) mass is 273 g/mol. The number of thioether (sulfide) groups is 1. The number of rotatable bonds is 0. The van der Waals surface area contributed by atoms with Crippen LogP contribution in [0.5, 0.6) is 0 Å². The van der Waals surface area contributed by atoms with Gasteiger partial charge in [-0.15, -0.1) is 11.8 Å². The van der Waals surface area contributed by atoms with Crippen molar-refractivity contribution in [2.75, 3.05) is 12.3 Å². The molecule has 1 aliphatic rings. The van der Waals surface area contributed by atoms with Gasteiger partial charge in [-0.3, -0.25) is 4.79 Å². The van der Waals surface area contributed by atoms with Crippen LogP contribution >= 0.6 is 46.6 Å². The summed E-state index contributed by atoms with van der Waals surface area (Å²) in [5, 5.41) is 0.868. The molecule has 6 heteroatoms. The highest BCUT2D eigenvalue weighted by Crippen LogP contribution is 2.34. The van der Waals surface area contributed by atoms with Crippen molar-refractivity contribution in [2.45, 2.75) is 17.1 Å². The van der Waals surface area contributed by atoms with E-state index in [2.05, 4.69) is 0 Å². The fourth-order valence-corrected chi connectivity index (χ4v) is 2.47. The van der Waals surface area contributed by atoms with Crippen LogP contribution in [0.25, 0.3) is 0 Å². The normalized spacial score (nSPS) is 21.4. The van der Waals surface area contributed by atoms with Crippen molar-refractivity contribution < 1.29 is 4.79 Å². The molecule has 0 aliphatic carbocycles. The maximum atomic E-state index is 11.7. The van der Waals surface area contributed by atoms with E-state index in [-0.39, 0.29) is 0 Å². The van der Waals surface area contributed by atoms with Gasteiger partial charge >= 0.3 is 0 Å². The highest BCUT2D eigenvalue weighted by atomic mass is 35.6. The Morgan fingerprint density at radius 1 is 1.57 bits per heavy atom. The van der Waals surface area contributed by atoms with Gasteiger partial charge in [0.25, 0.3) is 9.70 Å². The number of amides is 1. The van der Waals surface area contributed by atoms with Crippen LogP contribution in [0.4, 0.5) is 0 Å². The fourth-order valence-electron chi connectivity index (χ4n) is 1.18. The molecule has 1 aliphatic heterocycles. The third kappa shape index (κ3) is 2.96. The van der Waals surface area contributed by atoms with Crippen molar-refractivity contribution in [1.29, 1.82) is 0 Å². The van der Waals surface area contributed by atoms with Crippen molar-refractivity contribution in [1.82, 2.24) is 4.90 Å². The molecule has 0 aromatic carbocycles. The van der Waals surface area contributed by atoms with E-state index in [0.29, 0.717) is 6.54 Å².